The SMILES string of the molecule is CC(Cn1cccn1)Nc1cc(Cl)nc(N)n1. The molecule has 0 saturated carbocycles. The largest absolute Gasteiger partial charge is 0.368 e. The van der Waals surface area contributed by atoms with Gasteiger partial charge in [-0.15, -0.1) is 0 Å². The Balaban J connectivity index is 2.00. The van der Waals surface area contributed by atoms with Gasteiger partial charge in [-0.3, -0.25) is 4.68 Å². The topological polar surface area (TPSA) is 81.7 Å². The predicted molar refractivity (Wildman–Crippen MR) is 66.8 cm³/mol. The molecule has 7 heteroatoms. The minimum Gasteiger partial charge on any atom is -0.368 e. The molecule has 0 aliphatic rings. The molecule has 6 nitrogen and oxygen atoms in total. The number of rotatable bonds is 4. The molecule has 90 valence electrons. The lowest BCUT2D eigenvalue weighted by Gasteiger charge is -2.14. The third kappa shape index (κ3) is 3.32. The van der Waals surface area contributed by atoms with E-state index in [0.717, 1.165) is 6.54 Å². The summed E-state index contributed by atoms with van der Waals surface area (Å²) in [6, 6.07) is 3.67. The van der Waals surface area contributed by atoms with Gasteiger partial charge >= 0.3 is 0 Å². The molecule has 1 atom stereocenters. The Hall–Kier alpha value is -1.82. The third-order valence-electron chi connectivity index (χ3n) is 2.13. The van der Waals surface area contributed by atoms with Gasteiger partial charge in [0.2, 0.25) is 5.95 Å². The summed E-state index contributed by atoms with van der Waals surface area (Å²) in [6.07, 6.45) is 3.64. The molecule has 0 aromatic carbocycles. The first-order chi connectivity index (χ1) is 8.13. The van der Waals surface area contributed by atoms with Crippen molar-refractivity contribution in [1.29, 1.82) is 0 Å². The van der Waals surface area contributed by atoms with Crippen LogP contribution in [0.2, 0.25) is 5.15 Å². The van der Waals surface area contributed by atoms with Crippen molar-refractivity contribution in [1.82, 2.24) is 19.7 Å². The molecule has 0 saturated heterocycles. The summed E-state index contributed by atoms with van der Waals surface area (Å²) in [5.74, 6) is 0.772. The third-order valence-corrected chi connectivity index (χ3v) is 2.32. The lowest BCUT2D eigenvalue weighted by atomic mass is 10.3. The second-order valence-electron chi connectivity index (χ2n) is 3.71. The molecular weight excluding hydrogens is 240 g/mol. The number of nitrogens with two attached hydrogens (primary N) is 1. The van der Waals surface area contributed by atoms with E-state index in [1.807, 2.05) is 23.9 Å². The van der Waals surface area contributed by atoms with Crippen LogP contribution in [0, 0.1) is 0 Å². The van der Waals surface area contributed by atoms with E-state index in [1.165, 1.54) is 0 Å². The Morgan fingerprint density at radius 3 is 3.00 bits per heavy atom. The normalized spacial score (nSPS) is 12.4. The van der Waals surface area contributed by atoms with Gasteiger partial charge in [-0.2, -0.15) is 10.1 Å². The Morgan fingerprint density at radius 1 is 1.53 bits per heavy atom. The average Bonchev–Trinajstić information content (AvgIpc) is 2.67. The van der Waals surface area contributed by atoms with Crippen molar-refractivity contribution < 1.29 is 0 Å². The van der Waals surface area contributed by atoms with Crippen LogP contribution in [0.5, 0.6) is 0 Å². The van der Waals surface area contributed by atoms with Crippen LogP contribution in [0.15, 0.2) is 24.5 Å². The van der Waals surface area contributed by atoms with E-state index >= 15 is 0 Å². The molecule has 3 N–H and O–H groups in total. The summed E-state index contributed by atoms with van der Waals surface area (Å²) >= 11 is 5.79. The lowest BCUT2D eigenvalue weighted by molar-refractivity contribution is 0.559. The van der Waals surface area contributed by atoms with E-state index in [9.17, 15) is 0 Å². The number of nitrogen functional groups attached to an aromatic ring is 1. The molecule has 0 fully saturated rings. The first-order valence-electron chi connectivity index (χ1n) is 5.17. The summed E-state index contributed by atoms with van der Waals surface area (Å²) in [7, 11) is 0. The molecule has 2 aromatic rings. The summed E-state index contributed by atoms with van der Waals surface area (Å²) in [6.45, 7) is 2.75. The fourth-order valence-electron chi connectivity index (χ4n) is 1.50. The zero-order valence-corrected chi connectivity index (χ0v) is 10.1. The Kier molecular flexibility index (Phi) is 3.43. The van der Waals surface area contributed by atoms with Crippen molar-refractivity contribution in [3.63, 3.8) is 0 Å². The fraction of sp³-hybridized carbons (Fsp3) is 0.300. The molecular formula is C10H13ClN6. The van der Waals surface area contributed by atoms with Gasteiger partial charge in [-0.05, 0) is 13.0 Å². The van der Waals surface area contributed by atoms with E-state index < -0.39 is 0 Å². The number of aromatic nitrogens is 4. The van der Waals surface area contributed by atoms with E-state index in [2.05, 4.69) is 20.4 Å². The molecule has 0 bridgehead atoms. The summed E-state index contributed by atoms with van der Waals surface area (Å²) in [4.78, 5) is 7.84. The van der Waals surface area contributed by atoms with Gasteiger partial charge in [0.1, 0.15) is 11.0 Å². The van der Waals surface area contributed by atoms with E-state index in [-0.39, 0.29) is 12.0 Å². The van der Waals surface area contributed by atoms with Crippen molar-refractivity contribution in [3.05, 3.63) is 29.7 Å². The molecule has 0 aliphatic carbocycles. The Labute approximate surface area is 104 Å². The van der Waals surface area contributed by atoms with Gasteiger partial charge in [0.15, 0.2) is 0 Å². The van der Waals surface area contributed by atoms with Crippen LogP contribution in [-0.2, 0) is 6.54 Å². The van der Waals surface area contributed by atoms with Crippen LogP contribution in [0.4, 0.5) is 11.8 Å². The minimum absolute atomic E-state index is 0.153. The van der Waals surface area contributed by atoms with Gasteiger partial charge in [-0.1, -0.05) is 11.6 Å². The van der Waals surface area contributed by atoms with Crippen LogP contribution < -0.4 is 11.1 Å². The van der Waals surface area contributed by atoms with Gasteiger partial charge < -0.3 is 11.1 Å². The molecule has 0 spiro atoms. The van der Waals surface area contributed by atoms with Gasteiger partial charge in [-0.25, -0.2) is 4.98 Å². The highest BCUT2D eigenvalue weighted by molar-refractivity contribution is 6.29. The standard InChI is InChI=1S/C10H13ClN6/c1-7(6-17-4-2-3-13-17)14-9-5-8(11)15-10(12)16-9/h2-5,7H,6H2,1H3,(H3,12,14,15,16). The first kappa shape index (κ1) is 11.7. The van der Waals surface area contributed by atoms with Crippen LogP contribution in [0.3, 0.4) is 0 Å². The lowest BCUT2D eigenvalue weighted by Crippen LogP contribution is -2.23. The van der Waals surface area contributed by atoms with Gasteiger partial charge in [0, 0.05) is 24.5 Å². The number of halogens is 1. The van der Waals surface area contributed by atoms with Crippen molar-refractivity contribution in [2.75, 3.05) is 11.1 Å². The monoisotopic (exact) mass is 252 g/mol. The number of hydrogen-bond donors (Lipinski definition) is 2. The van der Waals surface area contributed by atoms with Crippen LogP contribution >= 0.6 is 11.6 Å². The molecule has 2 heterocycles. The molecule has 2 aromatic heterocycles. The smallest absolute Gasteiger partial charge is 0.223 e. The van der Waals surface area contributed by atoms with Crippen LogP contribution in [0.25, 0.3) is 0 Å². The molecule has 0 radical (unpaired) electrons. The minimum atomic E-state index is 0.153. The van der Waals surface area contributed by atoms with Gasteiger partial charge in [0.05, 0.1) is 6.54 Å². The summed E-state index contributed by atoms with van der Waals surface area (Å²) in [5.41, 5.74) is 5.51. The number of hydrogen-bond acceptors (Lipinski definition) is 5. The molecule has 0 amide bonds. The van der Waals surface area contributed by atoms with Gasteiger partial charge in [0.25, 0.3) is 0 Å². The maximum atomic E-state index is 5.79. The second kappa shape index (κ2) is 5.01. The van der Waals surface area contributed by atoms with Crippen LogP contribution in [-0.4, -0.2) is 25.8 Å². The average molecular weight is 253 g/mol. The highest BCUT2D eigenvalue weighted by Gasteiger charge is 2.06. The highest BCUT2D eigenvalue weighted by Crippen LogP contribution is 2.13. The Morgan fingerprint density at radius 2 is 2.35 bits per heavy atom. The maximum absolute atomic E-state index is 5.79. The number of anilines is 2. The zero-order valence-electron chi connectivity index (χ0n) is 9.34. The predicted octanol–water partition coefficient (Wildman–Crippen LogP) is 1.41. The van der Waals surface area contributed by atoms with Crippen LogP contribution in [0.1, 0.15) is 6.92 Å². The molecule has 1 unspecified atom stereocenters. The van der Waals surface area contributed by atoms with E-state index in [4.69, 9.17) is 17.3 Å². The van der Waals surface area contributed by atoms with Crippen molar-refractivity contribution >= 4 is 23.4 Å². The number of nitrogens with zero attached hydrogens (tertiary/aromatic N) is 4. The molecule has 2 rings (SSSR count). The quantitative estimate of drug-likeness (QED) is 0.804. The second-order valence-corrected chi connectivity index (χ2v) is 4.09. The Bertz CT molecular complexity index is 463. The summed E-state index contributed by atoms with van der Waals surface area (Å²) < 4.78 is 1.84. The van der Waals surface area contributed by atoms with Crippen molar-refractivity contribution in [3.8, 4) is 0 Å². The molecule has 17 heavy (non-hydrogen) atoms. The van der Waals surface area contributed by atoms with Crippen molar-refractivity contribution in [2.24, 2.45) is 0 Å². The molecule has 0 aliphatic heterocycles. The first-order valence-corrected chi connectivity index (χ1v) is 5.55. The van der Waals surface area contributed by atoms with E-state index in [0.29, 0.717) is 11.0 Å². The fourth-order valence-corrected chi connectivity index (χ4v) is 1.69. The van der Waals surface area contributed by atoms with E-state index in [1.54, 1.807) is 12.3 Å². The number of nitrogens with one attached hydrogen (secondary N) is 1. The zero-order chi connectivity index (χ0) is 12.3. The van der Waals surface area contributed by atoms with Crippen molar-refractivity contribution in [2.45, 2.75) is 19.5 Å². The summed E-state index contributed by atoms with van der Waals surface area (Å²) in [5, 5.41) is 7.64. The highest BCUT2D eigenvalue weighted by atomic mass is 35.5. The maximum Gasteiger partial charge on any atom is 0.223 e.